The van der Waals surface area contributed by atoms with Crippen LogP contribution in [0.3, 0.4) is 0 Å². The van der Waals surface area contributed by atoms with E-state index in [0.717, 1.165) is 38.5 Å². The van der Waals surface area contributed by atoms with E-state index in [9.17, 15) is 23.6 Å². The second-order valence-corrected chi connectivity index (χ2v) is 34.3. The molecular weight excluding hydrogens is 890 g/mol. The standard InChI is InChI=1S/C23H43O4P.C22H41O5P.C3H9BrSi/c1-3-4-5-6-7-8-9-10-11-12-13-14-15-16-17-18-23(24)26-19-22-20-27-28(2,25)21-22;1-2-3-4-5-6-7-8-9-10-11-12-13-14-15-16-17-22(23)26-18-21-19-27-28(24,25)20-21;1-5(2,3)4/h10-11,22H,3-9,12-21H2,1-2H3;9-10,21H,2-8,11-20H2,1H3,(H,24,25);1-3H3/b11-10-;10-9-;. The molecule has 2 aliphatic heterocycles. The van der Waals surface area contributed by atoms with Crippen LogP contribution in [0.25, 0.3) is 0 Å². The lowest BCUT2D eigenvalue weighted by Gasteiger charge is -2.08. The predicted molar refractivity (Wildman–Crippen MR) is 265 cm³/mol. The van der Waals surface area contributed by atoms with Gasteiger partial charge in [-0.25, -0.2) is 0 Å². The maximum atomic E-state index is 11.8. The van der Waals surface area contributed by atoms with Crippen LogP contribution >= 0.6 is 30.3 Å². The van der Waals surface area contributed by atoms with Crippen LogP contribution < -0.4 is 0 Å². The number of rotatable bonds is 34. The zero-order valence-electron chi connectivity index (χ0n) is 40.0. The number of carbonyl (C=O) groups is 2. The van der Waals surface area contributed by atoms with E-state index in [0.29, 0.717) is 32.2 Å². The number of ether oxygens (including phenoxy) is 2. The Hall–Kier alpha value is -0.543. The first kappa shape index (κ1) is 60.5. The molecule has 0 radical (unpaired) electrons. The molecule has 9 nitrogen and oxygen atoms in total. The molecule has 0 aliphatic carbocycles. The molecule has 360 valence electrons. The third-order valence-electron chi connectivity index (χ3n) is 10.4. The molecule has 2 heterocycles. The van der Waals surface area contributed by atoms with Crippen molar-refractivity contribution in [3.8, 4) is 0 Å². The Bertz CT molecular complexity index is 1130. The molecule has 2 aliphatic rings. The Labute approximate surface area is 384 Å². The van der Waals surface area contributed by atoms with E-state index < -0.39 is 21.7 Å². The molecule has 0 amide bonds. The minimum atomic E-state index is -3.41. The number of hydrogen-bond donors (Lipinski definition) is 1. The summed E-state index contributed by atoms with van der Waals surface area (Å²) in [6.07, 6.45) is 43.2. The minimum Gasteiger partial charge on any atom is -0.465 e. The highest BCUT2D eigenvalue weighted by Gasteiger charge is 2.34. The van der Waals surface area contributed by atoms with Crippen molar-refractivity contribution in [3.05, 3.63) is 24.3 Å². The number of carbonyl (C=O) groups excluding carboxylic acids is 2. The Morgan fingerprint density at radius 1 is 0.574 bits per heavy atom. The molecule has 0 aromatic carbocycles. The molecular formula is C48H93BrO9P2Si. The monoisotopic (exact) mass is 983 g/mol. The molecule has 0 aromatic heterocycles. The highest BCUT2D eigenvalue weighted by molar-refractivity contribution is 9.26. The van der Waals surface area contributed by atoms with Gasteiger partial charge in [-0.3, -0.25) is 18.7 Å². The highest BCUT2D eigenvalue weighted by Crippen LogP contribution is 2.50. The van der Waals surface area contributed by atoms with Crippen molar-refractivity contribution in [2.24, 2.45) is 11.8 Å². The topological polar surface area (TPSA) is 125 Å². The first-order chi connectivity index (χ1) is 29.1. The van der Waals surface area contributed by atoms with Crippen molar-refractivity contribution in [1.29, 1.82) is 0 Å². The quantitative estimate of drug-likeness (QED) is 0.0167. The Morgan fingerprint density at radius 2 is 0.885 bits per heavy atom. The summed E-state index contributed by atoms with van der Waals surface area (Å²) >= 11 is 3.51. The van der Waals surface area contributed by atoms with Crippen LogP contribution in [-0.4, -0.2) is 68.9 Å². The zero-order chi connectivity index (χ0) is 45.5. The van der Waals surface area contributed by atoms with E-state index in [1.54, 1.807) is 6.66 Å². The molecule has 1 N–H and O–H groups in total. The van der Waals surface area contributed by atoms with Gasteiger partial charge in [0.2, 0.25) is 7.37 Å². The second kappa shape index (κ2) is 39.8. The summed E-state index contributed by atoms with van der Waals surface area (Å²) in [5.41, 5.74) is 0. The van der Waals surface area contributed by atoms with Crippen LogP contribution in [0.5, 0.6) is 0 Å². The van der Waals surface area contributed by atoms with Crippen LogP contribution in [0.1, 0.15) is 194 Å². The number of esters is 2. The van der Waals surface area contributed by atoms with Crippen molar-refractivity contribution in [1.82, 2.24) is 0 Å². The summed E-state index contributed by atoms with van der Waals surface area (Å²) < 4.78 is 43.5. The fourth-order valence-electron chi connectivity index (χ4n) is 6.94. The third kappa shape index (κ3) is 45.8. The molecule has 2 fully saturated rings. The maximum Gasteiger partial charge on any atom is 0.328 e. The van der Waals surface area contributed by atoms with E-state index in [2.05, 4.69) is 73.1 Å². The summed E-state index contributed by atoms with van der Waals surface area (Å²) in [5.74, 6) is -0.379. The van der Waals surface area contributed by atoms with Crippen LogP contribution in [0.4, 0.5) is 0 Å². The van der Waals surface area contributed by atoms with Gasteiger partial charge in [0.05, 0.1) is 32.6 Å². The summed E-state index contributed by atoms with van der Waals surface area (Å²) in [5, 5.41) is 0. The van der Waals surface area contributed by atoms with Gasteiger partial charge in [0, 0.05) is 37.5 Å². The van der Waals surface area contributed by atoms with Gasteiger partial charge in [0.25, 0.3) is 0 Å². The first-order valence-corrected chi connectivity index (χ1v) is 34.3. The summed E-state index contributed by atoms with van der Waals surface area (Å²) in [4.78, 5) is 32.7. The molecule has 0 bridgehead atoms. The fourth-order valence-corrected chi connectivity index (χ4v) is 10.1. The Kier molecular flexibility index (Phi) is 39.4. The fraction of sp³-hybridized carbons (Fsp3) is 0.875. The van der Waals surface area contributed by atoms with Gasteiger partial charge in [-0.05, 0) is 64.2 Å². The Morgan fingerprint density at radius 3 is 1.20 bits per heavy atom. The van der Waals surface area contributed by atoms with E-state index >= 15 is 0 Å². The first-order valence-electron chi connectivity index (χ1n) is 24.5. The predicted octanol–water partition coefficient (Wildman–Crippen LogP) is 15.7. The van der Waals surface area contributed by atoms with Gasteiger partial charge in [-0.15, -0.1) is 15.3 Å². The lowest BCUT2D eigenvalue weighted by molar-refractivity contribution is -0.146. The van der Waals surface area contributed by atoms with Gasteiger partial charge in [0.1, 0.15) is 6.69 Å². The van der Waals surface area contributed by atoms with Gasteiger partial charge in [-0.2, -0.15) is 0 Å². The van der Waals surface area contributed by atoms with Gasteiger partial charge < -0.3 is 23.4 Å². The smallest absolute Gasteiger partial charge is 0.328 e. The Balaban J connectivity index is 0.00000106. The maximum absolute atomic E-state index is 11.8. The zero-order valence-corrected chi connectivity index (χ0v) is 44.4. The molecule has 0 saturated carbocycles. The minimum absolute atomic E-state index is 0.0910. The van der Waals surface area contributed by atoms with Gasteiger partial charge >= 0.3 is 19.5 Å². The van der Waals surface area contributed by atoms with Crippen molar-refractivity contribution >= 4 is 48.9 Å². The summed E-state index contributed by atoms with van der Waals surface area (Å²) in [7, 11) is -5.82. The van der Waals surface area contributed by atoms with E-state index in [1.807, 2.05) is 0 Å². The molecule has 61 heavy (non-hydrogen) atoms. The van der Waals surface area contributed by atoms with Crippen LogP contribution in [0, 0.1) is 11.8 Å². The highest BCUT2D eigenvalue weighted by atomic mass is 79.9. The van der Waals surface area contributed by atoms with E-state index in [4.69, 9.17) is 18.5 Å². The molecule has 2 saturated heterocycles. The molecule has 4 atom stereocenters. The summed E-state index contributed by atoms with van der Waals surface area (Å²) in [6, 6.07) is 0. The average Bonchev–Trinajstić information content (AvgIpc) is 3.74. The van der Waals surface area contributed by atoms with E-state index in [1.165, 1.54) is 128 Å². The largest absolute Gasteiger partial charge is 0.465 e. The van der Waals surface area contributed by atoms with Crippen molar-refractivity contribution in [3.63, 3.8) is 0 Å². The molecule has 13 heteroatoms. The number of halogens is 1. The molecule has 0 spiro atoms. The third-order valence-corrected chi connectivity index (χ3v) is 13.8. The average molecular weight is 984 g/mol. The van der Waals surface area contributed by atoms with Crippen LogP contribution in [0.15, 0.2) is 24.3 Å². The van der Waals surface area contributed by atoms with Crippen LogP contribution in [-0.2, 0) is 37.2 Å². The lowest BCUT2D eigenvalue weighted by Crippen LogP contribution is -2.16. The number of unbranched alkanes of at least 4 members (excludes halogenated alkanes) is 22. The number of hydrogen-bond acceptors (Lipinski definition) is 8. The SMILES string of the molecule is CCCCCCCC/C=C\CCCCCCCC(=O)OCC1COP(=O)(O)C1.CCCCCCCC/C=C\CCCCCCCC(=O)OCC1COP(C)(=O)C1.C[Si](C)(C)Br. The van der Waals surface area contributed by atoms with Crippen LogP contribution in [0.2, 0.25) is 19.6 Å². The molecule has 2 rings (SSSR count). The lowest BCUT2D eigenvalue weighted by atomic mass is 10.1. The van der Waals surface area contributed by atoms with E-state index in [-0.39, 0.29) is 43.2 Å². The van der Waals surface area contributed by atoms with Gasteiger partial charge in [0.15, 0.2) is 0 Å². The molecule has 4 unspecified atom stereocenters. The number of allylic oxidation sites excluding steroid dienone is 4. The van der Waals surface area contributed by atoms with Crippen molar-refractivity contribution < 1.29 is 42.1 Å². The summed E-state index contributed by atoms with van der Waals surface area (Å²) in [6.45, 7) is 13.3. The molecule has 0 aromatic rings. The van der Waals surface area contributed by atoms with Gasteiger partial charge in [-0.1, -0.05) is 161 Å². The normalized spacial score (nSPS) is 21.3. The second-order valence-electron chi connectivity index (χ2n) is 18.4. The van der Waals surface area contributed by atoms with Crippen molar-refractivity contribution in [2.45, 2.75) is 213 Å². The van der Waals surface area contributed by atoms with Crippen molar-refractivity contribution in [2.75, 3.05) is 45.4 Å².